The topological polar surface area (TPSA) is 181 Å². The van der Waals surface area contributed by atoms with Gasteiger partial charge in [-0.1, -0.05) is 18.2 Å². The molecule has 0 saturated heterocycles. The minimum absolute atomic E-state index is 0.203. The Kier molecular flexibility index (Phi) is 5.82. The van der Waals surface area contributed by atoms with E-state index < -0.39 is 22.3 Å². The predicted octanol–water partition coefficient (Wildman–Crippen LogP) is 1.74. The second-order valence-electron chi connectivity index (χ2n) is 7.31. The number of nitrogens with two attached hydrogens (primary N) is 1. The molecule has 13 heteroatoms. The van der Waals surface area contributed by atoms with E-state index in [9.17, 15) is 13.5 Å². The van der Waals surface area contributed by atoms with E-state index in [1.165, 1.54) is 6.33 Å². The van der Waals surface area contributed by atoms with Crippen LogP contribution < -0.4 is 15.9 Å². The van der Waals surface area contributed by atoms with Crippen molar-refractivity contribution in [3.63, 3.8) is 0 Å². The summed E-state index contributed by atoms with van der Waals surface area (Å²) in [7, 11) is -4.07. The maximum absolute atomic E-state index is 11.0. The third kappa shape index (κ3) is 4.80. The lowest BCUT2D eigenvalue weighted by atomic mass is 10.1. The van der Waals surface area contributed by atoms with Crippen LogP contribution in [-0.2, 0) is 14.5 Å². The van der Waals surface area contributed by atoms with Crippen molar-refractivity contribution in [3.8, 4) is 0 Å². The number of aliphatic hydroxyl groups excluding tert-OH is 1. The summed E-state index contributed by atoms with van der Waals surface area (Å²) in [6.07, 6.45) is 3.21. The molecule has 12 nitrogen and oxygen atoms in total. The summed E-state index contributed by atoms with van der Waals surface area (Å²) in [5.41, 5.74) is 11.9. The van der Waals surface area contributed by atoms with E-state index in [4.69, 9.17) is 10.7 Å². The maximum Gasteiger partial charge on any atom is 0.333 e. The van der Waals surface area contributed by atoms with Crippen molar-refractivity contribution in [1.82, 2.24) is 14.6 Å². The van der Waals surface area contributed by atoms with E-state index in [2.05, 4.69) is 30.0 Å². The fourth-order valence-electron chi connectivity index (χ4n) is 3.74. The molecular weight excluding hydrogens is 424 g/mol. The first-order valence-electron chi connectivity index (χ1n) is 9.51. The molecule has 2 aromatic heterocycles. The lowest BCUT2D eigenvalue weighted by Crippen LogP contribution is -2.24. The van der Waals surface area contributed by atoms with Gasteiger partial charge >= 0.3 is 10.3 Å². The highest BCUT2D eigenvalue weighted by Crippen LogP contribution is 2.34. The molecule has 2 heterocycles. The van der Waals surface area contributed by atoms with Crippen molar-refractivity contribution < 1.29 is 17.7 Å². The van der Waals surface area contributed by atoms with Crippen LogP contribution >= 0.6 is 0 Å². The summed E-state index contributed by atoms with van der Waals surface area (Å²) in [4.78, 5) is 8.39. The van der Waals surface area contributed by atoms with E-state index in [0.717, 1.165) is 10.9 Å². The van der Waals surface area contributed by atoms with Gasteiger partial charge in [0.25, 0.3) is 0 Å². The summed E-state index contributed by atoms with van der Waals surface area (Å²) >= 11 is 0. The number of anilines is 2. The molecule has 1 saturated carbocycles. The smallest absolute Gasteiger partial charge is 0.333 e. The minimum Gasteiger partial charge on any atom is -0.393 e. The first kappa shape index (κ1) is 21.1. The first-order chi connectivity index (χ1) is 14.8. The number of aromatic nitrogens is 3. The average Bonchev–Trinajstić information content (AvgIpc) is 3.29. The van der Waals surface area contributed by atoms with Gasteiger partial charge < -0.3 is 10.4 Å². The molecule has 6 N–H and O–H groups in total. The van der Waals surface area contributed by atoms with Gasteiger partial charge in [-0.3, -0.25) is 14.3 Å². The number of aliphatic hydroxyl groups is 1. The summed E-state index contributed by atoms with van der Waals surface area (Å²) in [6.45, 7) is -0.203. The Morgan fingerprint density at radius 1 is 1.26 bits per heavy atom. The highest BCUT2D eigenvalue weighted by molar-refractivity contribution is 7.84. The van der Waals surface area contributed by atoms with Gasteiger partial charge in [0.05, 0.1) is 18.2 Å². The van der Waals surface area contributed by atoms with E-state index in [1.54, 1.807) is 4.68 Å². The molecular formula is C18H22N8O4S. The number of para-hydroxylation sites is 1. The van der Waals surface area contributed by atoms with Crippen molar-refractivity contribution in [1.29, 1.82) is 5.53 Å². The molecule has 0 radical (unpaired) electrons. The summed E-state index contributed by atoms with van der Waals surface area (Å²) in [5.74, 6) is 0.258. The summed E-state index contributed by atoms with van der Waals surface area (Å²) < 4.78 is 28.4. The summed E-state index contributed by atoms with van der Waals surface area (Å²) in [5, 5.41) is 22.9. The highest BCUT2D eigenvalue weighted by Gasteiger charge is 2.34. The van der Waals surface area contributed by atoms with Crippen LogP contribution in [0.15, 0.2) is 48.0 Å². The Bertz CT molecular complexity index is 1200. The minimum atomic E-state index is -4.07. The van der Waals surface area contributed by atoms with Crippen molar-refractivity contribution in [2.75, 3.05) is 17.3 Å². The zero-order valence-electron chi connectivity index (χ0n) is 16.3. The zero-order chi connectivity index (χ0) is 22.0. The standard InChI is InChI=1S/C18H22N8O4S/c19-24-16-17(23-13-7-12(15(27)8-13)9-30-31(20,28)29)21-10-22-18(16)25-26-6-5-11-3-1-2-4-14(11)26/h1-6,10,12-13,15,19,27H,7-9H2,(H2,20,28,29)(H2,21,22,23,25). The molecule has 1 fully saturated rings. The number of hydrogen-bond acceptors (Lipinski definition) is 10. The predicted molar refractivity (Wildman–Crippen MR) is 113 cm³/mol. The molecule has 0 bridgehead atoms. The Balaban J connectivity index is 1.50. The molecule has 1 aliphatic rings. The third-order valence-electron chi connectivity index (χ3n) is 5.20. The maximum atomic E-state index is 11.0. The monoisotopic (exact) mass is 446 g/mol. The molecule has 4 rings (SSSR count). The SMILES string of the molecule is N=Nc1c(NC2CC(O)C(COS(N)(=O)=O)C2)ncnc1Nn1ccc2ccccc21. The molecule has 0 spiro atoms. The van der Waals surface area contributed by atoms with Gasteiger partial charge in [-0.05, 0) is 25.0 Å². The molecule has 164 valence electrons. The van der Waals surface area contributed by atoms with E-state index >= 15 is 0 Å². The molecule has 1 aliphatic carbocycles. The summed E-state index contributed by atoms with van der Waals surface area (Å²) in [6, 6.07) is 9.52. The normalized spacial score (nSPS) is 21.3. The number of hydrogen-bond donors (Lipinski definition) is 5. The Labute approximate surface area is 178 Å². The van der Waals surface area contributed by atoms with Crippen LogP contribution in [0.4, 0.5) is 17.3 Å². The van der Waals surface area contributed by atoms with Crippen molar-refractivity contribution in [3.05, 3.63) is 42.9 Å². The van der Waals surface area contributed by atoms with Crippen LogP contribution in [0.5, 0.6) is 0 Å². The largest absolute Gasteiger partial charge is 0.393 e. The van der Waals surface area contributed by atoms with Gasteiger partial charge in [-0.25, -0.2) is 20.6 Å². The van der Waals surface area contributed by atoms with Crippen LogP contribution in [0.3, 0.4) is 0 Å². The van der Waals surface area contributed by atoms with Crippen molar-refractivity contribution in [2.45, 2.75) is 25.0 Å². The van der Waals surface area contributed by atoms with Crippen LogP contribution in [0.25, 0.3) is 10.9 Å². The van der Waals surface area contributed by atoms with Gasteiger partial charge in [0.1, 0.15) is 6.33 Å². The number of nitrogens with one attached hydrogen (secondary N) is 3. The van der Waals surface area contributed by atoms with Crippen LogP contribution in [0.1, 0.15) is 12.8 Å². The van der Waals surface area contributed by atoms with Gasteiger partial charge in [0.15, 0.2) is 17.3 Å². The fraction of sp³-hybridized carbons (Fsp3) is 0.333. The van der Waals surface area contributed by atoms with E-state index in [1.807, 2.05) is 36.5 Å². The number of nitrogens with zero attached hydrogens (tertiary/aromatic N) is 4. The van der Waals surface area contributed by atoms with Crippen molar-refractivity contribution in [2.24, 2.45) is 16.2 Å². The second-order valence-corrected chi connectivity index (χ2v) is 8.53. The van der Waals surface area contributed by atoms with Crippen LogP contribution in [-0.4, -0.2) is 46.9 Å². The van der Waals surface area contributed by atoms with Crippen molar-refractivity contribution >= 4 is 38.5 Å². The Morgan fingerprint density at radius 2 is 2.03 bits per heavy atom. The number of benzene rings is 1. The van der Waals surface area contributed by atoms with E-state index in [0.29, 0.717) is 24.5 Å². The number of fused-ring (bicyclic) bond motifs is 1. The van der Waals surface area contributed by atoms with Gasteiger partial charge in [0, 0.05) is 23.5 Å². The first-order valence-corrected chi connectivity index (χ1v) is 11.0. The van der Waals surface area contributed by atoms with E-state index in [-0.39, 0.29) is 18.3 Å². The quantitative estimate of drug-likeness (QED) is 0.324. The molecule has 31 heavy (non-hydrogen) atoms. The molecule has 3 atom stereocenters. The molecule has 1 aromatic carbocycles. The number of rotatable bonds is 8. The van der Waals surface area contributed by atoms with Crippen LogP contribution in [0.2, 0.25) is 0 Å². The lowest BCUT2D eigenvalue weighted by Gasteiger charge is -2.17. The lowest BCUT2D eigenvalue weighted by molar-refractivity contribution is 0.101. The fourth-order valence-corrected chi connectivity index (χ4v) is 4.11. The van der Waals surface area contributed by atoms with Gasteiger partial charge in [-0.2, -0.15) is 13.5 Å². The molecule has 0 aliphatic heterocycles. The second kappa shape index (κ2) is 8.55. The molecule has 3 aromatic rings. The third-order valence-corrected chi connectivity index (χ3v) is 5.67. The Hall–Kier alpha value is -3.13. The Morgan fingerprint density at radius 3 is 2.81 bits per heavy atom. The molecule has 0 amide bonds. The zero-order valence-corrected chi connectivity index (χ0v) is 17.2. The van der Waals surface area contributed by atoms with Crippen LogP contribution in [0, 0.1) is 11.4 Å². The highest BCUT2D eigenvalue weighted by atomic mass is 32.2. The van der Waals surface area contributed by atoms with Gasteiger partial charge in [-0.15, -0.1) is 0 Å². The molecule has 3 unspecified atom stereocenters. The average molecular weight is 446 g/mol. The van der Waals surface area contributed by atoms with Gasteiger partial charge in [0.2, 0.25) is 0 Å².